The number of hydrogen-bond donors (Lipinski definition) is 2. The van der Waals surface area contributed by atoms with Gasteiger partial charge in [-0.3, -0.25) is 4.79 Å². The van der Waals surface area contributed by atoms with Gasteiger partial charge in [0, 0.05) is 11.3 Å². The molecule has 0 saturated heterocycles. The highest BCUT2D eigenvalue weighted by Crippen LogP contribution is 2.20. The zero-order chi connectivity index (χ0) is 13.8. The molecular formula is C11H13N5O2S. The predicted octanol–water partition coefficient (Wildman–Crippen LogP) is 0.182. The van der Waals surface area contributed by atoms with E-state index < -0.39 is 12.0 Å². The van der Waals surface area contributed by atoms with E-state index in [-0.39, 0.29) is 0 Å². The minimum absolute atomic E-state index is 0.293. The molecular weight excluding hydrogens is 266 g/mol. The van der Waals surface area contributed by atoms with E-state index in [1.807, 2.05) is 11.4 Å². The first-order valence-electron chi connectivity index (χ1n) is 5.62. The standard InChI is InChI=1S/C11H13N5O2S/c1-6-13-15-10(16-14-6)5-9-7(2-3-19-9)4-8(12)11(17)18/h2-3,8H,4-5,12H2,1H3,(H,17,18)/t8-/m0/s1. The number of nitrogens with zero attached hydrogens (tertiary/aromatic N) is 4. The molecule has 0 radical (unpaired) electrons. The Morgan fingerprint density at radius 1 is 1.42 bits per heavy atom. The third-order valence-electron chi connectivity index (χ3n) is 2.53. The topological polar surface area (TPSA) is 115 Å². The van der Waals surface area contributed by atoms with E-state index in [4.69, 9.17) is 10.8 Å². The van der Waals surface area contributed by atoms with Gasteiger partial charge in [-0.05, 0) is 30.4 Å². The molecule has 2 rings (SSSR count). The summed E-state index contributed by atoms with van der Waals surface area (Å²) >= 11 is 1.52. The molecule has 2 aromatic heterocycles. The number of aryl methyl sites for hydroxylation is 1. The summed E-state index contributed by atoms with van der Waals surface area (Å²) in [6.07, 6.45) is 0.778. The fourth-order valence-corrected chi connectivity index (χ4v) is 2.45. The number of carbonyl (C=O) groups is 1. The van der Waals surface area contributed by atoms with Gasteiger partial charge in [0.05, 0.1) is 0 Å². The maximum Gasteiger partial charge on any atom is 0.320 e. The van der Waals surface area contributed by atoms with E-state index in [2.05, 4.69) is 20.4 Å². The molecule has 2 aromatic rings. The van der Waals surface area contributed by atoms with Crippen molar-refractivity contribution in [2.75, 3.05) is 0 Å². The van der Waals surface area contributed by atoms with Gasteiger partial charge >= 0.3 is 5.97 Å². The number of nitrogens with two attached hydrogens (primary N) is 1. The van der Waals surface area contributed by atoms with Crippen LogP contribution in [0, 0.1) is 6.92 Å². The van der Waals surface area contributed by atoms with Crippen LogP contribution in [0.2, 0.25) is 0 Å². The normalized spacial score (nSPS) is 12.3. The van der Waals surface area contributed by atoms with Crippen molar-refractivity contribution >= 4 is 17.3 Å². The summed E-state index contributed by atoms with van der Waals surface area (Å²) in [5, 5.41) is 26.3. The molecule has 0 amide bonds. The van der Waals surface area contributed by atoms with Gasteiger partial charge < -0.3 is 10.8 Å². The van der Waals surface area contributed by atoms with Crippen LogP contribution in [0.5, 0.6) is 0 Å². The zero-order valence-corrected chi connectivity index (χ0v) is 11.1. The lowest BCUT2D eigenvalue weighted by Gasteiger charge is -2.06. The van der Waals surface area contributed by atoms with Crippen molar-refractivity contribution in [2.45, 2.75) is 25.8 Å². The molecule has 19 heavy (non-hydrogen) atoms. The lowest BCUT2D eigenvalue weighted by molar-refractivity contribution is -0.138. The second-order valence-corrected chi connectivity index (χ2v) is 5.06. The molecule has 0 aromatic carbocycles. The highest BCUT2D eigenvalue weighted by Gasteiger charge is 2.16. The van der Waals surface area contributed by atoms with Gasteiger partial charge in [0.2, 0.25) is 0 Å². The first kappa shape index (κ1) is 13.5. The van der Waals surface area contributed by atoms with Crippen molar-refractivity contribution in [1.82, 2.24) is 20.4 Å². The van der Waals surface area contributed by atoms with Gasteiger partial charge in [0.15, 0.2) is 11.6 Å². The van der Waals surface area contributed by atoms with Gasteiger partial charge in [0.1, 0.15) is 6.04 Å². The van der Waals surface area contributed by atoms with Gasteiger partial charge in [-0.2, -0.15) is 0 Å². The van der Waals surface area contributed by atoms with Crippen LogP contribution < -0.4 is 5.73 Å². The van der Waals surface area contributed by atoms with Crippen LogP contribution >= 0.6 is 11.3 Å². The maximum absolute atomic E-state index is 10.8. The first-order chi connectivity index (χ1) is 9.06. The summed E-state index contributed by atoms with van der Waals surface area (Å²) < 4.78 is 0. The largest absolute Gasteiger partial charge is 0.480 e. The molecule has 0 aliphatic carbocycles. The fourth-order valence-electron chi connectivity index (χ4n) is 1.54. The lowest BCUT2D eigenvalue weighted by Crippen LogP contribution is -2.32. The van der Waals surface area contributed by atoms with E-state index in [1.54, 1.807) is 6.92 Å². The second kappa shape index (κ2) is 5.81. The molecule has 100 valence electrons. The van der Waals surface area contributed by atoms with Crippen LogP contribution in [-0.4, -0.2) is 37.5 Å². The summed E-state index contributed by atoms with van der Waals surface area (Å²) in [7, 11) is 0. The van der Waals surface area contributed by atoms with Crippen LogP contribution in [0.1, 0.15) is 22.1 Å². The van der Waals surface area contributed by atoms with Gasteiger partial charge in [-0.1, -0.05) is 0 Å². The average Bonchev–Trinajstić information content (AvgIpc) is 2.79. The quantitative estimate of drug-likeness (QED) is 0.802. The monoisotopic (exact) mass is 279 g/mol. The summed E-state index contributed by atoms with van der Waals surface area (Å²) in [4.78, 5) is 11.8. The van der Waals surface area contributed by atoms with Crippen LogP contribution in [-0.2, 0) is 17.6 Å². The van der Waals surface area contributed by atoms with E-state index in [0.717, 1.165) is 10.4 Å². The van der Waals surface area contributed by atoms with Crippen molar-refractivity contribution < 1.29 is 9.90 Å². The van der Waals surface area contributed by atoms with Crippen molar-refractivity contribution in [1.29, 1.82) is 0 Å². The van der Waals surface area contributed by atoms with E-state index in [0.29, 0.717) is 24.5 Å². The fraction of sp³-hybridized carbons (Fsp3) is 0.364. The lowest BCUT2D eigenvalue weighted by atomic mass is 10.1. The van der Waals surface area contributed by atoms with Crippen molar-refractivity contribution in [3.8, 4) is 0 Å². The molecule has 0 unspecified atom stereocenters. The van der Waals surface area contributed by atoms with Crippen molar-refractivity contribution in [3.05, 3.63) is 33.5 Å². The summed E-state index contributed by atoms with van der Waals surface area (Å²) in [5.74, 6) is 0.0216. The predicted molar refractivity (Wildman–Crippen MR) is 68.8 cm³/mol. The van der Waals surface area contributed by atoms with Crippen LogP contribution in [0.4, 0.5) is 0 Å². The highest BCUT2D eigenvalue weighted by molar-refractivity contribution is 7.10. The molecule has 0 aliphatic rings. The molecule has 7 nitrogen and oxygen atoms in total. The molecule has 0 saturated carbocycles. The Morgan fingerprint density at radius 3 is 2.74 bits per heavy atom. The van der Waals surface area contributed by atoms with Crippen LogP contribution in [0.25, 0.3) is 0 Å². The number of hydrogen-bond acceptors (Lipinski definition) is 7. The Hall–Kier alpha value is -1.93. The Bertz CT molecular complexity index is 569. The van der Waals surface area contributed by atoms with Crippen LogP contribution in [0.15, 0.2) is 11.4 Å². The third kappa shape index (κ3) is 3.52. The Balaban J connectivity index is 2.11. The number of carboxylic acid groups (broad SMARTS) is 1. The van der Waals surface area contributed by atoms with E-state index >= 15 is 0 Å². The van der Waals surface area contributed by atoms with E-state index in [9.17, 15) is 4.79 Å². The Morgan fingerprint density at radius 2 is 2.11 bits per heavy atom. The van der Waals surface area contributed by atoms with E-state index in [1.165, 1.54) is 11.3 Å². The van der Waals surface area contributed by atoms with Gasteiger partial charge in [-0.25, -0.2) is 0 Å². The summed E-state index contributed by atoms with van der Waals surface area (Å²) in [6, 6.07) is 0.973. The number of aliphatic carboxylic acids is 1. The first-order valence-corrected chi connectivity index (χ1v) is 6.50. The molecule has 0 spiro atoms. The molecule has 0 aliphatic heterocycles. The van der Waals surface area contributed by atoms with Crippen LogP contribution in [0.3, 0.4) is 0 Å². The number of rotatable bonds is 5. The van der Waals surface area contributed by atoms with Crippen molar-refractivity contribution in [3.63, 3.8) is 0 Å². The van der Waals surface area contributed by atoms with Gasteiger partial charge in [-0.15, -0.1) is 31.7 Å². The molecule has 0 bridgehead atoms. The maximum atomic E-state index is 10.8. The number of aromatic nitrogens is 4. The molecule has 3 N–H and O–H groups in total. The molecule has 2 heterocycles. The average molecular weight is 279 g/mol. The number of thiophene rings is 1. The van der Waals surface area contributed by atoms with Gasteiger partial charge in [0.25, 0.3) is 0 Å². The minimum Gasteiger partial charge on any atom is -0.480 e. The minimum atomic E-state index is -1.01. The SMILES string of the molecule is Cc1nnc(Cc2sccc2C[C@H](N)C(=O)O)nn1. The molecule has 1 atom stereocenters. The molecule has 0 fully saturated rings. The summed E-state index contributed by atoms with van der Waals surface area (Å²) in [6.45, 7) is 1.71. The Kier molecular flexibility index (Phi) is 4.13. The zero-order valence-electron chi connectivity index (χ0n) is 10.3. The Labute approximate surface area is 113 Å². The van der Waals surface area contributed by atoms with Crippen molar-refractivity contribution in [2.24, 2.45) is 5.73 Å². The smallest absolute Gasteiger partial charge is 0.320 e. The molecule has 8 heteroatoms. The second-order valence-electron chi connectivity index (χ2n) is 4.06. The number of carboxylic acids is 1. The highest BCUT2D eigenvalue weighted by atomic mass is 32.1. The summed E-state index contributed by atoms with van der Waals surface area (Å²) in [5.41, 5.74) is 6.45. The third-order valence-corrected chi connectivity index (χ3v) is 3.50.